The number of nitrogens with zero attached hydrogens (tertiary/aromatic N) is 5. The Morgan fingerprint density at radius 1 is 0.860 bits per heavy atom. The summed E-state index contributed by atoms with van der Waals surface area (Å²) in [6, 6.07) is 22.9. The fourth-order valence-electron chi connectivity index (χ4n) is 8.31. The van der Waals surface area contributed by atoms with Gasteiger partial charge in [-0.05, 0) is 87.1 Å². The van der Waals surface area contributed by atoms with Crippen LogP contribution in [0, 0.1) is 27.7 Å². The van der Waals surface area contributed by atoms with Gasteiger partial charge in [0.05, 0.1) is 34.0 Å². The number of hydrogen-bond acceptors (Lipinski definition) is 5. The van der Waals surface area contributed by atoms with Crippen LogP contribution in [0.15, 0.2) is 72.8 Å². The van der Waals surface area contributed by atoms with Gasteiger partial charge >= 0.3 is 5.97 Å². The quantitative estimate of drug-likeness (QED) is 0.131. The first-order chi connectivity index (χ1) is 27.3. The van der Waals surface area contributed by atoms with Crippen molar-refractivity contribution in [1.29, 1.82) is 0 Å². The van der Waals surface area contributed by atoms with Gasteiger partial charge in [-0.3, -0.25) is 9.48 Å². The second-order valence-corrected chi connectivity index (χ2v) is 15.6. The number of benzene rings is 4. The number of rotatable bonds is 11. The molecule has 4 aromatic carbocycles. The summed E-state index contributed by atoms with van der Waals surface area (Å²) in [7, 11) is 3.63. The molecule has 0 bridgehead atoms. The van der Waals surface area contributed by atoms with E-state index < -0.39 is 5.97 Å². The molecule has 57 heavy (non-hydrogen) atoms. The SMILES string of the molecule is Cc1cc(OCCCc2c3n(c4c(-c5c(C)nn(C)c5C)c(Cl)ccc24)CCN(c2cc(OCc4ccccc4)cc4c2cc(C(=O)O)n4C)C3=O)cc(C)c1Cl. The molecule has 4 heterocycles. The van der Waals surface area contributed by atoms with Gasteiger partial charge in [0.25, 0.3) is 5.91 Å². The highest BCUT2D eigenvalue weighted by Gasteiger charge is 2.35. The maximum absolute atomic E-state index is 15.2. The third kappa shape index (κ3) is 6.70. The summed E-state index contributed by atoms with van der Waals surface area (Å²) in [5.74, 6) is 0.0237. The number of fused-ring (bicyclic) bond motifs is 4. The monoisotopic (exact) mass is 803 g/mol. The van der Waals surface area contributed by atoms with Crippen molar-refractivity contribution in [3.8, 4) is 22.6 Å². The number of aromatic carboxylic acids is 1. The molecule has 3 aromatic heterocycles. The summed E-state index contributed by atoms with van der Waals surface area (Å²) in [6.45, 7) is 9.47. The minimum absolute atomic E-state index is 0.110. The highest BCUT2D eigenvalue weighted by molar-refractivity contribution is 6.35. The summed E-state index contributed by atoms with van der Waals surface area (Å²) in [4.78, 5) is 29.4. The smallest absolute Gasteiger partial charge is 0.352 e. The van der Waals surface area contributed by atoms with Gasteiger partial charge in [-0.25, -0.2) is 4.79 Å². The number of hydrogen-bond donors (Lipinski definition) is 1. The number of halogens is 2. The number of carbonyl (C=O) groups is 2. The van der Waals surface area contributed by atoms with Crippen molar-refractivity contribution in [3.63, 3.8) is 0 Å². The van der Waals surface area contributed by atoms with Gasteiger partial charge in [-0.1, -0.05) is 59.6 Å². The Kier molecular flexibility index (Phi) is 10.0. The molecular formula is C45H43Cl2N5O5. The standard InChI is InChI=1S/C45H43Cl2N5O5/c1-25-19-30(20-26(2)41(25)47)56-18-10-13-32-33-14-15-35(46)40(39-27(3)48-50(6)28(39)4)42(33)52-17-16-51(44(53)43(32)52)37-22-31(57-24-29-11-8-7-9-12-29)21-36-34(37)23-38(45(54)55)49(36)5/h7-9,11-12,14-15,19-23H,10,13,16-18,24H2,1-6H3,(H,54,55). The van der Waals surface area contributed by atoms with Crippen LogP contribution in [0.2, 0.25) is 10.0 Å². The van der Waals surface area contributed by atoms with Crippen LogP contribution in [0.25, 0.3) is 32.9 Å². The van der Waals surface area contributed by atoms with Crippen LogP contribution in [-0.4, -0.2) is 49.0 Å². The van der Waals surface area contributed by atoms with E-state index in [0.29, 0.717) is 72.2 Å². The number of carboxylic acids is 1. The lowest BCUT2D eigenvalue weighted by Gasteiger charge is -2.30. The first kappa shape index (κ1) is 38.2. The van der Waals surface area contributed by atoms with E-state index in [1.165, 1.54) is 0 Å². The number of anilines is 1. The number of aryl methyl sites for hydroxylation is 6. The second kappa shape index (κ2) is 15.0. The molecule has 0 saturated carbocycles. The average Bonchev–Trinajstić information content (AvgIpc) is 3.79. The number of amides is 1. The third-order valence-electron chi connectivity index (χ3n) is 11.2. The van der Waals surface area contributed by atoms with Crippen molar-refractivity contribution in [2.24, 2.45) is 14.1 Å². The van der Waals surface area contributed by atoms with Gasteiger partial charge in [0.2, 0.25) is 0 Å². The van der Waals surface area contributed by atoms with E-state index in [2.05, 4.69) is 4.57 Å². The lowest BCUT2D eigenvalue weighted by atomic mass is 9.98. The van der Waals surface area contributed by atoms with Gasteiger partial charge in [-0.2, -0.15) is 5.10 Å². The Labute approximate surface area is 340 Å². The molecule has 1 amide bonds. The van der Waals surface area contributed by atoms with E-state index in [4.69, 9.17) is 37.8 Å². The normalized spacial score (nSPS) is 12.8. The summed E-state index contributed by atoms with van der Waals surface area (Å²) >= 11 is 13.5. The highest BCUT2D eigenvalue weighted by Crippen LogP contribution is 2.44. The van der Waals surface area contributed by atoms with Crippen LogP contribution in [0.5, 0.6) is 11.5 Å². The largest absolute Gasteiger partial charge is 0.494 e. The van der Waals surface area contributed by atoms with Crippen LogP contribution in [0.4, 0.5) is 5.69 Å². The van der Waals surface area contributed by atoms with Crippen molar-refractivity contribution in [2.75, 3.05) is 18.1 Å². The van der Waals surface area contributed by atoms with E-state index in [1.54, 1.807) is 22.6 Å². The third-order valence-corrected chi connectivity index (χ3v) is 12.1. The van der Waals surface area contributed by atoms with Crippen molar-refractivity contribution in [2.45, 2.75) is 53.7 Å². The molecule has 7 aromatic rings. The molecule has 0 radical (unpaired) electrons. The molecule has 0 aliphatic carbocycles. The zero-order valence-electron chi connectivity index (χ0n) is 32.7. The first-order valence-electron chi connectivity index (χ1n) is 18.9. The fourth-order valence-corrected chi connectivity index (χ4v) is 8.67. The maximum Gasteiger partial charge on any atom is 0.352 e. The Hall–Kier alpha value is -5.71. The molecule has 10 nitrogen and oxygen atoms in total. The molecule has 12 heteroatoms. The molecule has 0 saturated heterocycles. The van der Waals surface area contributed by atoms with Gasteiger partial charge in [0.15, 0.2) is 0 Å². The molecule has 8 rings (SSSR count). The van der Waals surface area contributed by atoms with E-state index in [9.17, 15) is 9.90 Å². The first-order valence-corrected chi connectivity index (χ1v) is 19.7. The van der Waals surface area contributed by atoms with Crippen LogP contribution in [-0.2, 0) is 33.7 Å². The van der Waals surface area contributed by atoms with Gasteiger partial charge < -0.3 is 28.6 Å². The molecular weight excluding hydrogens is 761 g/mol. The van der Waals surface area contributed by atoms with Crippen molar-refractivity contribution in [1.82, 2.24) is 18.9 Å². The highest BCUT2D eigenvalue weighted by atomic mass is 35.5. The van der Waals surface area contributed by atoms with Crippen LogP contribution >= 0.6 is 23.2 Å². The predicted octanol–water partition coefficient (Wildman–Crippen LogP) is 10.0. The summed E-state index contributed by atoms with van der Waals surface area (Å²) in [5, 5.41) is 17.7. The molecule has 0 fully saturated rings. The number of carboxylic acid groups (broad SMARTS) is 1. The summed E-state index contributed by atoms with van der Waals surface area (Å²) in [6.07, 6.45) is 1.19. The zero-order chi connectivity index (χ0) is 40.3. The van der Waals surface area contributed by atoms with E-state index in [1.807, 2.05) is 106 Å². The topological polar surface area (TPSA) is 104 Å². The Morgan fingerprint density at radius 3 is 2.26 bits per heavy atom. The Morgan fingerprint density at radius 2 is 1.58 bits per heavy atom. The van der Waals surface area contributed by atoms with Gasteiger partial charge in [0.1, 0.15) is 29.5 Å². The second-order valence-electron chi connectivity index (χ2n) is 14.8. The van der Waals surface area contributed by atoms with Crippen molar-refractivity contribution >= 4 is 62.6 Å². The molecule has 1 aliphatic heterocycles. The molecule has 292 valence electrons. The lowest BCUT2D eigenvalue weighted by molar-refractivity contribution is 0.0686. The summed E-state index contributed by atoms with van der Waals surface area (Å²) in [5.41, 5.74) is 10.2. The number of carbonyl (C=O) groups excluding carboxylic acids is 1. The number of aromatic nitrogens is 4. The number of ether oxygens (including phenoxy) is 2. The predicted molar refractivity (Wildman–Crippen MR) is 226 cm³/mol. The van der Waals surface area contributed by atoms with Crippen LogP contribution < -0.4 is 14.4 Å². The van der Waals surface area contributed by atoms with Gasteiger partial charge in [-0.15, -0.1) is 0 Å². The van der Waals surface area contributed by atoms with E-state index >= 15 is 4.79 Å². The maximum atomic E-state index is 15.2. The van der Waals surface area contributed by atoms with E-state index in [-0.39, 0.29) is 11.6 Å². The molecule has 0 atom stereocenters. The van der Waals surface area contributed by atoms with Crippen LogP contribution in [0.1, 0.15) is 61.0 Å². The Bertz CT molecular complexity index is 2720. The molecule has 0 spiro atoms. The lowest BCUT2D eigenvalue weighted by Crippen LogP contribution is -2.40. The van der Waals surface area contributed by atoms with Gasteiger partial charge in [0, 0.05) is 71.9 Å². The molecule has 1 aliphatic rings. The molecule has 0 unspecified atom stereocenters. The Balaban J connectivity index is 1.25. The minimum atomic E-state index is -1.06. The van der Waals surface area contributed by atoms with Crippen molar-refractivity contribution < 1.29 is 24.2 Å². The molecule has 1 N–H and O–H groups in total. The fraction of sp³-hybridized carbons (Fsp3) is 0.267. The zero-order valence-corrected chi connectivity index (χ0v) is 34.3. The average molecular weight is 805 g/mol. The minimum Gasteiger partial charge on any atom is -0.494 e. The summed E-state index contributed by atoms with van der Waals surface area (Å²) < 4.78 is 18.1. The van der Waals surface area contributed by atoms with Crippen LogP contribution in [0.3, 0.4) is 0 Å². The van der Waals surface area contributed by atoms with Crippen molar-refractivity contribution in [3.05, 3.63) is 128 Å². The van der Waals surface area contributed by atoms with E-state index in [0.717, 1.165) is 66.4 Å².